The maximum Gasteiger partial charge on any atom is 0.339 e. The summed E-state index contributed by atoms with van der Waals surface area (Å²) in [6.45, 7) is 2.24. The van der Waals surface area contributed by atoms with Gasteiger partial charge in [-0.1, -0.05) is 51.2 Å². The number of thioether (sulfide) groups is 1. The molecule has 0 fully saturated rings. The summed E-state index contributed by atoms with van der Waals surface area (Å²) in [5.41, 5.74) is 0. The largest absolute Gasteiger partial charge is 0.479 e. The molecule has 0 radical (unpaired) electrons. The predicted octanol–water partition coefficient (Wildman–Crippen LogP) is 5.62. The molecule has 0 amide bonds. The predicted molar refractivity (Wildman–Crippen MR) is 90.8 cm³/mol. The Morgan fingerprint density at radius 2 is 1.62 bits per heavy atom. The fraction of sp³-hybridized carbons (Fsp3) is 0.824. The van der Waals surface area contributed by atoms with Gasteiger partial charge in [-0.15, -0.1) is 0 Å². The normalized spacial score (nSPS) is 12.9. The molecule has 0 aliphatic carbocycles. The third-order valence-corrected chi connectivity index (χ3v) is 4.44. The first kappa shape index (κ1) is 20.5. The molecule has 0 aromatic carbocycles. The van der Waals surface area contributed by atoms with Crippen LogP contribution in [0.15, 0.2) is 12.2 Å². The Bertz CT molecular complexity index is 270. The number of halogens is 1. The quantitative estimate of drug-likeness (QED) is 0.314. The lowest BCUT2D eigenvalue weighted by Gasteiger charge is -2.02. The molecule has 0 heterocycles. The molecule has 0 aliphatic rings. The minimum Gasteiger partial charge on any atom is -0.479 e. The van der Waals surface area contributed by atoms with Crippen molar-refractivity contribution < 1.29 is 14.3 Å². The van der Waals surface area contributed by atoms with Crippen molar-refractivity contribution in [2.45, 2.75) is 77.3 Å². The third-order valence-electron chi connectivity index (χ3n) is 3.33. The Morgan fingerprint density at radius 3 is 2.24 bits per heavy atom. The minimum absolute atomic E-state index is 0.0726. The van der Waals surface area contributed by atoms with Crippen LogP contribution in [0.2, 0.25) is 0 Å². The molecule has 0 aliphatic heterocycles. The lowest BCUT2D eigenvalue weighted by Crippen LogP contribution is -2.17. The Kier molecular flexibility index (Phi) is 15.5. The molecule has 1 N–H and O–H groups in total. The third kappa shape index (κ3) is 15.7. The van der Waals surface area contributed by atoms with Gasteiger partial charge in [0.2, 0.25) is 6.17 Å². The van der Waals surface area contributed by atoms with Crippen molar-refractivity contribution in [2.75, 3.05) is 11.5 Å². The van der Waals surface area contributed by atoms with Gasteiger partial charge in [-0.2, -0.15) is 11.8 Å². The van der Waals surface area contributed by atoms with Gasteiger partial charge < -0.3 is 5.11 Å². The first-order valence-electron chi connectivity index (χ1n) is 8.28. The Hall–Kier alpha value is -0.510. The van der Waals surface area contributed by atoms with Gasteiger partial charge >= 0.3 is 5.97 Å². The molecule has 0 bridgehead atoms. The first-order chi connectivity index (χ1) is 10.2. The molecule has 0 aromatic rings. The van der Waals surface area contributed by atoms with E-state index in [0.29, 0.717) is 0 Å². The molecule has 0 aromatic heterocycles. The number of hydrogen-bond acceptors (Lipinski definition) is 2. The van der Waals surface area contributed by atoms with E-state index in [1.165, 1.54) is 56.7 Å². The van der Waals surface area contributed by atoms with Gasteiger partial charge in [-0.05, 0) is 37.9 Å². The summed E-state index contributed by atoms with van der Waals surface area (Å²) in [4.78, 5) is 10.3. The fourth-order valence-electron chi connectivity index (χ4n) is 2.00. The van der Waals surface area contributed by atoms with E-state index in [-0.39, 0.29) is 5.75 Å². The summed E-state index contributed by atoms with van der Waals surface area (Å²) >= 11 is 1.39. The molecule has 0 saturated carbocycles. The average Bonchev–Trinajstić information content (AvgIpc) is 2.47. The van der Waals surface area contributed by atoms with Gasteiger partial charge in [0.25, 0.3) is 0 Å². The number of unbranched alkanes of at least 4 members (excludes halogenated alkanes) is 8. The number of allylic oxidation sites excluding steroid dienone is 2. The molecule has 124 valence electrons. The van der Waals surface area contributed by atoms with E-state index >= 15 is 0 Å². The smallest absolute Gasteiger partial charge is 0.339 e. The van der Waals surface area contributed by atoms with Crippen LogP contribution in [0.4, 0.5) is 4.39 Å². The Balaban J connectivity index is 3.17. The summed E-state index contributed by atoms with van der Waals surface area (Å²) in [5, 5.41) is 8.39. The second kappa shape index (κ2) is 15.9. The highest BCUT2D eigenvalue weighted by molar-refractivity contribution is 7.99. The summed E-state index contributed by atoms with van der Waals surface area (Å²) in [5.74, 6) is -0.428. The van der Waals surface area contributed by atoms with Gasteiger partial charge in [-0.25, -0.2) is 9.18 Å². The summed E-state index contributed by atoms with van der Waals surface area (Å²) in [7, 11) is 0. The van der Waals surface area contributed by atoms with Gasteiger partial charge in [0, 0.05) is 5.75 Å². The highest BCUT2D eigenvalue weighted by Crippen LogP contribution is 2.11. The lowest BCUT2D eigenvalue weighted by molar-refractivity contribution is -0.141. The van der Waals surface area contributed by atoms with Crippen molar-refractivity contribution in [1.29, 1.82) is 0 Å². The van der Waals surface area contributed by atoms with Crippen LogP contribution >= 0.6 is 11.8 Å². The van der Waals surface area contributed by atoms with E-state index in [2.05, 4.69) is 19.1 Å². The summed E-state index contributed by atoms with van der Waals surface area (Å²) in [6, 6.07) is 0. The van der Waals surface area contributed by atoms with Crippen LogP contribution in [0.25, 0.3) is 0 Å². The van der Waals surface area contributed by atoms with Crippen LogP contribution in [0.3, 0.4) is 0 Å². The van der Waals surface area contributed by atoms with Crippen LogP contribution in [0.5, 0.6) is 0 Å². The Labute approximate surface area is 133 Å². The minimum atomic E-state index is -1.72. The number of carboxylic acids is 1. The molecular weight excluding hydrogens is 286 g/mol. The zero-order valence-corrected chi connectivity index (χ0v) is 14.2. The van der Waals surface area contributed by atoms with Crippen molar-refractivity contribution in [3.05, 3.63) is 12.2 Å². The zero-order chi connectivity index (χ0) is 15.8. The molecule has 0 spiro atoms. The first-order valence-corrected chi connectivity index (χ1v) is 9.43. The highest BCUT2D eigenvalue weighted by atomic mass is 32.2. The molecule has 0 saturated heterocycles. The maximum absolute atomic E-state index is 12.7. The summed E-state index contributed by atoms with van der Waals surface area (Å²) in [6.07, 6.45) is 15.2. The van der Waals surface area contributed by atoms with E-state index in [4.69, 9.17) is 5.11 Å². The fourth-order valence-corrected chi connectivity index (χ4v) is 2.93. The van der Waals surface area contributed by atoms with Crippen LogP contribution in [-0.2, 0) is 4.79 Å². The van der Waals surface area contributed by atoms with Crippen molar-refractivity contribution >= 4 is 17.7 Å². The van der Waals surface area contributed by atoms with E-state index in [1.54, 1.807) is 0 Å². The van der Waals surface area contributed by atoms with Crippen LogP contribution in [0, 0.1) is 0 Å². The monoisotopic (exact) mass is 317 g/mol. The number of rotatable bonds is 15. The molecule has 2 nitrogen and oxygen atoms in total. The van der Waals surface area contributed by atoms with Gasteiger partial charge in [-0.3, -0.25) is 0 Å². The van der Waals surface area contributed by atoms with Crippen LogP contribution < -0.4 is 0 Å². The Morgan fingerprint density at radius 1 is 1.05 bits per heavy atom. The zero-order valence-electron chi connectivity index (χ0n) is 13.4. The number of carboxylic acid groups (broad SMARTS) is 1. The second-order valence-corrected chi connectivity index (χ2v) is 6.55. The second-order valence-electron chi connectivity index (χ2n) is 5.40. The van der Waals surface area contributed by atoms with Crippen molar-refractivity contribution in [3.8, 4) is 0 Å². The van der Waals surface area contributed by atoms with Crippen LogP contribution in [-0.4, -0.2) is 28.8 Å². The summed E-state index contributed by atoms with van der Waals surface area (Å²) < 4.78 is 12.7. The number of alkyl halides is 1. The van der Waals surface area contributed by atoms with Gasteiger partial charge in [0.1, 0.15) is 0 Å². The molecule has 0 rings (SSSR count). The van der Waals surface area contributed by atoms with Crippen molar-refractivity contribution in [2.24, 2.45) is 0 Å². The van der Waals surface area contributed by atoms with E-state index in [0.717, 1.165) is 25.0 Å². The van der Waals surface area contributed by atoms with E-state index in [9.17, 15) is 9.18 Å². The maximum atomic E-state index is 12.7. The molecule has 4 heteroatoms. The SMILES string of the molecule is CCCCCCCC/C=C\CCCCSCC([18F])C(=O)O. The molecular formula is C17H31FO2S. The number of hydrogen-bond donors (Lipinski definition) is 1. The number of aliphatic carboxylic acids is 1. The van der Waals surface area contributed by atoms with Crippen LogP contribution in [0.1, 0.15) is 71.1 Å². The topological polar surface area (TPSA) is 37.3 Å². The number of carbonyl (C=O) groups is 1. The molecule has 1 atom stereocenters. The van der Waals surface area contributed by atoms with E-state index < -0.39 is 12.1 Å². The average molecular weight is 318 g/mol. The highest BCUT2D eigenvalue weighted by Gasteiger charge is 2.14. The lowest BCUT2D eigenvalue weighted by atomic mass is 10.1. The molecule has 21 heavy (non-hydrogen) atoms. The van der Waals surface area contributed by atoms with Gasteiger partial charge in [0.15, 0.2) is 0 Å². The molecule has 1 unspecified atom stereocenters. The van der Waals surface area contributed by atoms with E-state index in [1.807, 2.05) is 0 Å². The standard InChI is InChI=1S/C17H31FO2S/c1-2-3-4-5-6-7-8-9-10-11-12-13-14-21-15-16(18)17(19)20/h9-10,16H,2-8,11-15H2,1H3,(H,19,20)/b10-9-/i18-1. The van der Waals surface area contributed by atoms with Crippen molar-refractivity contribution in [3.63, 3.8) is 0 Å². The van der Waals surface area contributed by atoms with Gasteiger partial charge in [0.05, 0.1) is 0 Å². The van der Waals surface area contributed by atoms with Crippen molar-refractivity contribution in [1.82, 2.24) is 0 Å².